The third kappa shape index (κ3) is 3.90. The van der Waals surface area contributed by atoms with Crippen molar-refractivity contribution in [2.24, 2.45) is 5.92 Å². The number of rotatable bonds is 5. The molecule has 2 N–H and O–H groups in total. The maximum atomic E-state index is 13.8. The van der Waals surface area contributed by atoms with Gasteiger partial charge in [-0.1, -0.05) is 43.3 Å². The summed E-state index contributed by atoms with van der Waals surface area (Å²) in [5, 5.41) is 3.50. The van der Waals surface area contributed by atoms with Gasteiger partial charge in [-0.15, -0.1) is 0 Å². The Morgan fingerprint density at radius 2 is 1.83 bits per heavy atom. The van der Waals surface area contributed by atoms with Gasteiger partial charge in [0.25, 0.3) is 0 Å². The summed E-state index contributed by atoms with van der Waals surface area (Å²) in [7, 11) is 0. The van der Waals surface area contributed by atoms with Crippen molar-refractivity contribution in [1.29, 1.82) is 0 Å². The first-order valence-corrected chi connectivity index (χ1v) is 13.0. The monoisotopic (exact) mass is 482 g/mol. The zero-order chi connectivity index (χ0) is 24.8. The summed E-state index contributed by atoms with van der Waals surface area (Å²) in [5.41, 5.74) is 4.99. The Morgan fingerprint density at radius 1 is 1.06 bits per heavy atom. The highest BCUT2D eigenvalue weighted by molar-refractivity contribution is 6.39. The van der Waals surface area contributed by atoms with E-state index in [1.54, 1.807) is 18.2 Å². The fourth-order valence-corrected chi connectivity index (χ4v) is 5.91. The quantitative estimate of drug-likeness (QED) is 0.642. The molecule has 6 nitrogen and oxygen atoms in total. The molecule has 0 amide bonds. The molecule has 2 aromatic carbocycles. The Balaban J connectivity index is 1.33. The molecule has 36 heavy (non-hydrogen) atoms. The van der Waals surface area contributed by atoms with E-state index in [0.717, 1.165) is 55.5 Å². The minimum absolute atomic E-state index is 0.118. The van der Waals surface area contributed by atoms with Crippen LogP contribution in [0.3, 0.4) is 0 Å². The number of benzene rings is 2. The molecule has 0 saturated carbocycles. The summed E-state index contributed by atoms with van der Waals surface area (Å²) < 4.78 is 6.36. The zero-order valence-electron chi connectivity index (χ0n) is 20.9. The number of nitrogens with one attached hydrogen (secondary N) is 2. The van der Waals surface area contributed by atoms with E-state index >= 15 is 0 Å². The molecule has 1 fully saturated rings. The lowest BCUT2D eigenvalue weighted by atomic mass is 9.76. The van der Waals surface area contributed by atoms with Crippen LogP contribution in [0.1, 0.15) is 52.5 Å². The van der Waals surface area contributed by atoms with Gasteiger partial charge in [-0.2, -0.15) is 0 Å². The number of hydrogen-bond donors (Lipinski definition) is 2. The van der Waals surface area contributed by atoms with Crippen LogP contribution in [-0.4, -0.2) is 54.5 Å². The molecule has 0 bridgehead atoms. The van der Waals surface area contributed by atoms with Crippen molar-refractivity contribution in [3.05, 3.63) is 82.1 Å². The number of carbonyl (C=O) groups is 2. The van der Waals surface area contributed by atoms with Crippen LogP contribution >= 0.6 is 0 Å². The predicted molar refractivity (Wildman–Crippen MR) is 139 cm³/mol. The van der Waals surface area contributed by atoms with Gasteiger partial charge in [-0.05, 0) is 57.3 Å². The first-order chi connectivity index (χ1) is 17.5. The van der Waals surface area contributed by atoms with Crippen LogP contribution in [-0.2, 0) is 0 Å². The number of piperidine rings is 1. The molecule has 184 valence electrons. The van der Waals surface area contributed by atoms with Crippen molar-refractivity contribution in [2.75, 3.05) is 26.2 Å². The highest BCUT2D eigenvalue weighted by atomic mass is 16.5. The van der Waals surface area contributed by atoms with Crippen LogP contribution in [0.5, 0.6) is 5.75 Å². The van der Waals surface area contributed by atoms with Gasteiger partial charge in [0.15, 0.2) is 11.5 Å². The molecule has 1 unspecified atom stereocenters. The van der Waals surface area contributed by atoms with E-state index in [9.17, 15) is 9.59 Å². The number of aryl methyl sites for hydroxylation is 1. The summed E-state index contributed by atoms with van der Waals surface area (Å²) >= 11 is 0. The number of allylic oxidation sites excluding steroid dienone is 1. The summed E-state index contributed by atoms with van der Waals surface area (Å²) in [6.45, 7) is 8.38. The Morgan fingerprint density at radius 3 is 2.61 bits per heavy atom. The van der Waals surface area contributed by atoms with E-state index in [1.165, 1.54) is 12.8 Å². The topological polar surface area (TPSA) is 72.6 Å². The van der Waals surface area contributed by atoms with Crippen LogP contribution < -0.4 is 15.0 Å². The van der Waals surface area contributed by atoms with E-state index in [-0.39, 0.29) is 11.6 Å². The highest BCUT2D eigenvalue weighted by Crippen LogP contribution is 2.36. The molecular formula is C30H32N3O3+. The number of para-hydroxylation sites is 1. The number of nitrogens with zero attached hydrogens (tertiary/aromatic N) is 1. The molecule has 4 aliphatic rings. The second-order valence-corrected chi connectivity index (χ2v) is 10.4. The minimum atomic E-state index is -0.467. The van der Waals surface area contributed by atoms with E-state index in [0.29, 0.717) is 33.7 Å². The maximum Gasteiger partial charge on any atom is 0.249 e. The summed E-state index contributed by atoms with van der Waals surface area (Å²) in [4.78, 5) is 33.5. The van der Waals surface area contributed by atoms with Crippen molar-refractivity contribution in [3.63, 3.8) is 0 Å². The van der Waals surface area contributed by atoms with Crippen LogP contribution in [0.4, 0.5) is 5.69 Å². The fraction of sp³-hybridized carbons (Fsp3) is 0.367. The highest BCUT2D eigenvalue weighted by Gasteiger charge is 2.46. The Bertz CT molecular complexity index is 1350. The van der Waals surface area contributed by atoms with Crippen LogP contribution in [0.2, 0.25) is 0 Å². The molecule has 0 radical (unpaired) electrons. The largest absolute Gasteiger partial charge is 0.468 e. The summed E-state index contributed by atoms with van der Waals surface area (Å²) in [6, 6.07) is 13.0. The molecule has 2 atom stereocenters. The van der Waals surface area contributed by atoms with Crippen LogP contribution in [0.25, 0.3) is 0 Å². The number of ketones is 2. The fourth-order valence-electron chi connectivity index (χ4n) is 5.91. The summed E-state index contributed by atoms with van der Waals surface area (Å²) in [5.74, 6) is 1.25. The summed E-state index contributed by atoms with van der Waals surface area (Å²) in [6.07, 6.45) is 5.03. The van der Waals surface area contributed by atoms with Gasteiger partial charge >= 0.3 is 0 Å². The smallest absolute Gasteiger partial charge is 0.249 e. The van der Waals surface area contributed by atoms with Gasteiger partial charge in [0.1, 0.15) is 5.57 Å². The molecule has 2 aliphatic heterocycles. The van der Waals surface area contributed by atoms with Crippen LogP contribution in [0, 0.1) is 12.8 Å². The van der Waals surface area contributed by atoms with Gasteiger partial charge < -0.3 is 15.0 Å². The lowest BCUT2D eigenvalue weighted by Gasteiger charge is -2.32. The van der Waals surface area contributed by atoms with Gasteiger partial charge in [0.2, 0.25) is 23.3 Å². The molecule has 0 spiro atoms. The number of hydrogen-bond acceptors (Lipinski definition) is 5. The standard InChI is InChI=1S/C30H31N3O3/c1-18-8-6-14-33(17-18)15-7-13-31-22-16-24-28(32-27-19(2)9-5-12-23(27)36-24)26-25(22)29(34)20-10-3-4-11-21(20)30(26)35/h3-5,9-12,16,18,24,31H,6-8,13-15,17H2,1-2H3/p+1/t18-,24?/m0/s1. The predicted octanol–water partition coefficient (Wildman–Crippen LogP) is 2.89. The van der Waals surface area contributed by atoms with Gasteiger partial charge in [0.05, 0.1) is 5.57 Å². The molecular weight excluding hydrogens is 450 g/mol. The second kappa shape index (κ2) is 9.17. The minimum Gasteiger partial charge on any atom is -0.468 e. The maximum absolute atomic E-state index is 13.8. The average molecular weight is 483 g/mol. The normalized spacial score (nSPS) is 23.1. The van der Waals surface area contributed by atoms with Crippen molar-refractivity contribution >= 4 is 23.0 Å². The first-order valence-electron chi connectivity index (χ1n) is 13.0. The van der Waals surface area contributed by atoms with Crippen LogP contribution in [0.15, 0.2) is 65.4 Å². The zero-order valence-corrected chi connectivity index (χ0v) is 20.9. The SMILES string of the molecule is Cc1cccc2c1[NH+]=C1C3=C(C(=O)c4ccccc4C3=O)C(NCCCN3CCC[C@H](C)C3)=CC1O2. The van der Waals surface area contributed by atoms with Crippen molar-refractivity contribution in [1.82, 2.24) is 10.2 Å². The number of ether oxygens (including phenoxy) is 1. The molecule has 6 heteroatoms. The lowest BCUT2D eigenvalue weighted by molar-refractivity contribution is -0.363. The molecule has 2 aliphatic carbocycles. The van der Waals surface area contributed by atoms with Crippen molar-refractivity contribution < 1.29 is 19.3 Å². The lowest BCUT2D eigenvalue weighted by Crippen LogP contribution is -2.74. The first kappa shape index (κ1) is 22.9. The van der Waals surface area contributed by atoms with Crippen molar-refractivity contribution in [2.45, 2.75) is 39.2 Å². The molecule has 1 saturated heterocycles. The number of Topliss-reactive ketones (excluding diaryl/α,β-unsaturated/α-hetero) is 2. The Kier molecular flexibility index (Phi) is 5.84. The average Bonchev–Trinajstić information content (AvgIpc) is 2.88. The van der Waals surface area contributed by atoms with E-state index in [1.807, 2.05) is 37.3 Å². The molecule has 0 aromatic heterocycles. The third-order valence-corrected chi connectivity index (χ3v) is 7.72. The van der Waals surface area contributed by atoms with Gasteiger partial charge in [0, 0.05) is 35.5 Å². The Labute approximate surface area is 211 Å². The number of fused-ring (bicyclic) bond motifs is 4. The van der Waals surface area contributed by atoms with E-state index in [4.69, 9.17) is 4.74 Å². The van der Waals surface area contributed by atoms with E-state index < -0.39 is 6.10 Å². The number of likely N-dealkylation sites (tertiary alicyclic amines) is 1. The van der Waals surface area contributed by atoms with Gasteiger partial charge in [-0.25, -0.2) is 4.99 Å². The molecule has 2 aromatic rings. The molecule has 6 rings (SSSR count). The van der Waals surface area contributed by atoms with Gasteiger partial charge in [-0.3, -0.25) is 9.59 Å². The second-order valence-electron chi connectivity index (χ2n) is 10.4. The third-order valence-electron chi connectivity index (χ3n) is 7.72. The van der Waals surface area contributed by atoms with Crippen molar-refractivity contribution in [3.8, 4) is 5.75 Å². The molecule has 2 heterocycles. The van der Waals surface area contributed by atoms with E-state index in [2.05, 4.69) is 22.1 Å². The number of carbonyl (C=O) groups excluding carboxylic acids is 2. The Hall–Kier alpha value is -3.51.